The highest BCUT2D eigenvalue weighted by atomic mass is 15.1. The van der Waals surface area contributed by atoms with Gasteiger partial charge in [-0.1, -0.05) is 34.1 Å². The Morgan fingerprint density at radius 3 is 2.58 bits per heavy atom. The molecule has 0 saturated carbocycles. The molecule has 1 atom stereocenters. The van der Waals surface area contributed by atoms with Crippen molar-refractivity contribution in [1.82, 2.24) is 14.9 Å². The zero-order chi connectivity index (χ0) is 13.8. The van der Waals surface area contributed by atoms with E-state index in [2.05, 4.69) is 48.8 Å². The minimum atomic E-state index is 0.510. The van der Waals surface area contributed by atoms with Gasteiger partial charge in [-0.2, -0.15) is 0 Å². The van der Waals surface area contributed by atoms with Gasteiger partial charge in [0.15, 0.2) is 0 Å². The molecule has 1 unspecified atom stereocenters. The van der Waals surface area contributed by atoms with Crippen molar-refractivity contribution in [3.8, 4) is 0 Å². The Morgan fingerprint density at radius 2 is 2.00 bits per heavy atom. The molecule has 1 aliphatic rings. The molecule has 1 aromatic rings. The molecular formula is C16H29N3. The van der Waals surface area contributed by atoms with E-state index in [0.717, 1.165) is 30.8 Å². The first-order valence-corrected chi connectivity index (χ1v) is 7.83. The molecular weight excluding hydrogens is 234 g/mol. The summed E-state index contributed by atoms with van der Waals surface area (Å²) in [6.07, 6.45) is 7.97. The third-order valence-corrected chi connectivity index (χ3v) is 4.53. The number of imidazole rings is 1. The molecule has 1 N–H and O–H groups in total. The largest absolute Gasteiger partial charge is 0.333 e. The van der Waals surface area contributed by atoms with E-state index in [-0.39, 0.29) is 0 Å². The standard InChI is InChI=1S/C16H29N3/c1-12(2)14(13(3)4)10-19-11-17-9-16(19)15-7-5-6-8-18-15/h9,11-15,18H,5-8,10H2,1-4H3. The van der Waals surface area contributed by atoms with Gasteiger partial charge in [0, 0.05) is 18.8 Å². The van der Waals surface area contributed by atoms with Gasteiger partial charge < -0.3 is 9.88 Å². The number of hydrogen-bond acceptors (Lipinski definition) is 2. The molecule has 3 nitrogen and oxygen atoms in total. The predicted molar refractivity (Wildman–Crippen MR) is 80.0 cm³/mol. The maximum Gasteiger partial charge on any atom is 0.0948 e. The molecule has 0 aliphatic carbocycles. The SMILES string of the molecule is CC(C)C(Cn1cncc1C1CCCCN1)C(C)C. The normalized spacial score (nSPS) is 20.7. The van der Waals surface area contributed by atoms with E-state index in [9.17, 15) is 0 Å². The topological polar surface area (TPSA) is 29.9 Å². The Hall–Kier alpha value is -0.830. The van der Waals surface area contributed by atoms with Crippen molar-refractivity contribution in [2.24, 2.45) is 17.8 Å². The van der Waals surface area contributed by atoms with Crippen LogP contribution in [0.4, 0.5) is 0 Å². The minimum Gasteiger partial charge on any atom is -0.333 e. The highest BCUT2D eigenvalue weighted by molar-refractivity contribution is 5.06. The van der Waals surface area contributed by atoms with Crippen LogP contribution in [0.25, 0.3) is 0 Å². The van der Waals surface area contributed by atoms with Gasteiger partial charge in [-0.25, -0.2) is 4.98 Å². The Morgan fingerprint density at radius 1 is 1.26 bits per heavy atom. The summed E-state index contributed by atoms with van der Waals surface area (Å²) in [4.78, 5) is 4.39. The van der Waals surface area contributed by atoms with E-state index in [0.29, 0.717) is 6.04 Å². The summed E-state index contributed by atoms with van der Waals surface area (Å²) in [5.41, 5.74) is 1.38. The molecule has 1 aromatic heterocycles. The number of piperidine rings is 1. The van der Waals surface area contributed by atoms with E-state index < -0.39 is 0 Å². The Labute approximate surface area is 117 Å². The van der Waals surface area contributed by atoms with Crippen molar-refractivity contribution in [3.05, 3.63) is 18.2 Å². The van der Waals surface area contributed by atoms with Crippen LogP contribution >= 0.6 is 0 Å². The van der Waals surface area contributed by atoms with Gasteiger partial charge in [-0.3, -0.25) is 0 Å². The second-order valence-corrected chi connectivity index (χ2v) is 6.63. The summed E-state index contributed by atoms with van der Waals surface area (Å²) in [6.45, 7) is 11.6. The van der Waals surface area contributed by atoms with Crippen LogP contribution < -0.4 is 5.32 Å². The molecule has 0 spiro atoms. The van der Waals surface area contributed by atoms with Gasteiger partial charge in [0.25, 0.3) is 0 Å². The van der Waals surface area contributed by atoms with Gasteiger partial charge in [0.2, 0.25) is 0 Å². The number of rotatable bonds is 5. The van der Waals surface area contributed by atoms with Crippen LogP contribution in [0.1, 0.15) is 58.7 Å². The van der Waals surface area contributed by atoms with Crippen molar-refractivity contribution >= 4 is 0 Å². The van der Waals surface area contributed by atoms with E-state index in [1.54, 1.807) is 0 Å². The summed E-state index contributed by atoms with van der Waals surface area (Å²) in [5, 5.41) is 3.63. The number of aromatic nitrogens is 2. The van der Waals surface area contributed by atoms with Gasteiger partial charge in [0.1, 0.15) is 0 Å². The van der Waals surface area contributed by atoms with Crippen LogP contribution in [0.5, 0.6) is 0 Å². The zero-order valence-electron chi connectivity index (χ0n) is 12.9. The summed E-state index contributed by atoms with van der Waals surface area (Å²) < 4.78 is 2.38. The molecule has 3 heteroatoms. The van der Waals surface area contributed by atoms with Gasteiger partial charge in [-0.15, -0.1) is 0 Å². The van der Waals surface area contributed by atoms with Gasteiger partial charge in [-0.05, 0) is 37.1 Å². The summed E-state index contributed by atoms with van der Waals surface area (Å²) in [7, 11) is 0. The Bertz CT molecular complexity index is 367. The first-order valence-electron chi connectivity index (χ1n) is 7.83. The van der Waals surface area contributed by atoms with E-state index in [1.165, 1.54) is 25.0 Å². The molecule has 0 bridgehead atoms. The molecule has 0 aromatic carbocycles. The fraction of sp³-hybridized carbons (Fsp3) is 0.812. The highest BCUT2D eigenvalue weighted by Gasteiger charge is 2.22. The van der Waals surface area contributed by atoms with E-state index in [4.69, 9.17) is 0 Å². The fourth-order valence-corrected chi connectivity index (χ4v) is 3.30. The maximum atomic E-state index is 4.39. The van der Waals surface area contributed by atoms with Crippen molar-refractivity contribution in [3.63, 3.8) is 0 Å². The predicted octanol–water partition coefficient (Wildman–Crippen LogP) is 3.63. The lowest BCUT2D eigenvalue weighted by Crippen LogP contribution is -2.30. The molecule has 1 aliphatic heterocycles. The Balaban J connectivity index is 2.10. The van der Waals surface area contributed by atoms with E-state index >= 15 is 0 Å². The van der Waals surface area contributed by atoms with Gasteiger partial charge in [0.05, 0.1) is 12.0 Å². The average Bonchev–Trinajstić information content (AvgIpc) is 2.84. The summed E-state index contributed by atoms with van der Waals surface area (Å²) in [6, 6.07) is 0.510. The highest BCUT2D eigenvalue weighted by Crippen LogP contribution is 2.27. The van der Waals surface area contributed by atoms with Crippen molar-refractivity contribution < 1.29 is 0 Å². The minimum absolute atomic E-state index is 0.510. The molecule has 2 rings (SSSR count). The summed E-state index contributed by atoms with van der Waals surface area (Å²) >= 11 is 0. The third-order valence-electron chi connectivity index (χ3n) is 4.53. The number of nitrogens with zero attached hydrogens (tertiary/aromatic N) is 2. The first kappa shape index (κ1) is 14.6. The van der Waals surface area contributed by atoms with Gasteiger partial charge >= 0.3 is 0 Å². The lowest BCUT2D eigenvalue weighted by molar-refractivity contribution is 0.245. The lowest BCUT2D eigenvalue weighted by Gasteiger charge is -2.29. The molecule has 2 heterocycles. The van der Waals surface area contributed by atoms with Crippen LogP contribution in [0.15, 0.2) is 12.5 Å². The van der Waals surface area contributed by atoms with Crippen molar-refractivity contribution in [2.45, 2.75) is 59.5 Å². The smallest absolute Gasteiger partial charge is 0.0948 e. The maximum absolute atomic E-state index is 4.39. The van der Waals surface area contributed by atoms with Crippen LogP contribution in [-0.4, -0.2) is 16.1 Å². The van der Waals surface area contributed by atoms with E-state index in [1.807, 2.05) is 6.33 Å². The molecule has 19 heavy (non-hydrogen) atoms. The van der Waals surface area contributed by atoms with Crippen LogP contribution in [0.2, 0.25) is 0 Å². The molecule has 108 valence electrons. The molecule has 0 amide bonds. The Kier molecular flexibility index (Phi) is 5.03. The number of nitrogens with one attached hydrogen (secondary N) is 1. The first-order chi connectivity index (χ1) is 9.09. The second-order valence-electron chi connectivity index (χ2n) is 6.63. The van der Waals surface area contributed by atoms with Crippen LogP contribution in [0, 0.1) is 17.8 Å². The fourth-order valence-electron chi connectivity index (χ4n) is 3.30. The third kappa shape index (κ3) is 3.59. The molecule has 0 radical (unpaired) electrons. The molecule has 1 saturated heterocycles. The van der Waals surface area contributed by atoms with Crippen molar-refractivity contribution in [1.29, 1.82) is 0 Å². The zero-order valence-corrected chi connectivity index (χ0v) is 12.9. The van der Waals surface area contributed by atoms with Crippen LogP contribution in [-0.2, 0) is 6.54 Å². The van der Waals surface area contributed by atoms with Crippen molar-refractivity contribution in [2.75, 3.05) is 6.54 Å². The number of hydrogen-bond donors (Lipinski definition) is 1. The summed E-state index contributed by atoms with van der Waals surface area (Å²) in [5.74, 6) is 2.15. The average molecular weight is 263 g/mol. The second kappa shape index (κ2) is 6.56. The van der Waals surface area contributed by atoms with Crippen LogP contribution in [0.3, 0.4) is 0 Å². The lowest BCUT2D eigenvalue weighted by atomic mass is 9.85. The molecule has 1 fully saturated rings. The monoisotopic (exact) mass is 263 g/mol. The quantitative estimate of drug-likeness (QED) is 0.879.